The summed E-state index contributed by atoms with van der Waals surface area (Å²) in [6, 6.07) is 5.12. The highest BCUT2D eigenvalue weighted by Crippen LogP contribution is 2.21. The van der Waals surface area contributed by atoms with Gasteiger partial charge in [0.15, 0.2) is 11.0 Å². The number of nitrogens with one attached hydrogen (secondary N) is 1. The van der Waals surface area contributed by atoms with E-state index in [4.69, 9.17) is 5.11 Å². The molecule has 1 aromatic carbocycles. The molecule has 0 spiro atoms. The van der Waals surface area contributed by atoms with Crippen LogP contribution in [-0.4, -0.2) is 37.5 Å². The van der Waals surface area contributed by atoms with Crippen LogP contribution in [0.3, 0.4) is 0 Å². The number of hydrogen-bond acceptors (Lipinski definition) is 5. The first kappa shape index (κ1) is 18.7. The number of thioether (sulfide) groups is 1. The first-order valence-electron chi connectivity index (χ1n) is 7.38. The van der Waals surface area contributed by atoms with Crippen molar-refractivity contribution in [1.82, 2.24) is 20.1 Å². The summed E-state index contributed by atoms with van der Waals surface area (Å²) in [5, 5.41) is 19.9. The third-order valence-corrected chi connectivity index (χ3v) is 4.19. The van der Waals surface area contributed by atoms with Gasteiger partial charge in [-0.05, 0) is 19.1 Å². The molecule has 132 valence electrons. The van der Waals surface area contributed by atoms with E-state index in [1.807, 2.05) is 0 Å². The third-order valence-electron chi connectivity index (χ3n) is 3.24. The number of amides is 1. The molecule has 1 amide bonds. The Labute approximate surface area is 148 Å². The number of carboxylic acids is 1. The van der Waals surface area contributed by atoms with E-state index < -0.39 is 23.7 Å². The summed E-state index contributed by atoms with van der Waals surface area (Å²) in [4.78, 5) is 23.0. The number of aliphatic carboxylic acids is 1. The maximum atomic E-state index is 13.7. The molecule has 1 aromatic heterocycles. The molecule has 2 rings (SSSR count). The smallest absolute Gasteiger partial charge is 0.313 e. The van der Waals surface area contributed by atoms with Crippen LogP contribution < -0.4 is 5.32 Å². The average Bonchev–Trinajstić information content (AvgIpc) is 2.96. The number of allylic oxidation sites excluding steroid dienone is 1. The van der Waals surface area contributed by atoms with Gasteiger partial charge in [-0.2, -0.15) is 0 Å². The van der Waals surface area contributed by atoms with Crippen LogP contribution in [0.15, 0.2) is 42.1 Å². The number of benzene rings is 1. The van der Waals surface area contributed by atoms with Crippen molar-refractivity contribution in [3.63, 3.8) is 0 Å². The minimum Gasteiger partial charge on any atom is -0.481 e. The Balaban J connectivity index is 2.19. The summed E-state index contributed by atoms with van der Waals surface area (Å²) in [6.07, 6.45) is 1.61. The SMILES string of the molecule is C=CCn1c(SCC(=O)O)nnc1[C@@H](C)NC(=O)c1ccccc1F. The van der Waals surface area contributed by atoms with Gasteiger partial charge in [0.2, 0.25) is 0 Å². The largest absolute Gasteiger partial charge is 0.481 e. The maximum absolute atomic E-state index is 13.7. The Morgan fingerprint density at radius 1 is 1.44 bits per heavy atom. The van der Waals surface area contributed by atoms with Gasteiger partial charge in [-0.3, -0.25) is 9.59 Å². The van der Waals surface area contributed by atoms with Gasteiger partial charge >= 0.3 is 5.97 Å². The van der Waals surface area contributed by atoms with E-state index in [-0.39, 0.29) is 11.3 Å². The zero-order chi connectivity index (χ0) is 18.4. The summed E-state index contributed by atoms with van der Waals surface area (Å²) in [7, 11) is 0. The van der Waals surface area contributed by atoms with Gasteiger partial charge in [0.25, 0.3) is 5.91 Å². The number of carboxylic acid groups (broad SMARTS) is 1. The van der Waals surface area contributed by atoms with Crippen LogP contribution in [0.25, 0.3) is 0 Å². The van der Waals surface area contributed by atoms with E-state index in [0.29, 0.717) is 17.5 Å². The standard InChI is InChI=1S/C16H17FN4O3S/c1-3-8-21-14(19-20-16(21)25-9-13(22)23)10(2)18-15(24)11-6-4-5-7-12(11)17/h3-7,10H,1,8-9H2,2H3,(H,18,24)(H,22,23)/t10-/m1/s1. The summed E-state index contributed by atoms with van der Waals surface area (Å²) in [6.45, 7) is 5.69. The molecule has 2 N–H and O–H groups in total. The molecule has 0 radical (unpaired) electrons. The molecule has 25 heavy (non-hydrogen) atoms. The van der Waals surface area contributed by atoms with Gasteiger partial charge in [0.05, 0.1) is 17.4 Å². The predicted molar refractivity (Wildman–Crippen MR) is 90.9 cm³/mol. The molecule has 7 nitrogen and oxygen atoms in total. The number of hydrogen-bond donors (Lipinski definition) is 2. The van der Waals surface area contributed by atoms with Crippen LogP contribution in [0.4, 0.5) is 4.39 Å². The Morgan fingerprint density at radius 3 is 2.80 bits per heavy atom. The van der Waals surface area contributed by atoms with Gasteiger partial charge in [-0.25, -0.2) is 4.39 Å². The van der Waals surface area contributed by atoms with Crippen molar-refractivity contribution in [2.75, 3.05) is 5.75 Å². The second-order valence-electron chi connectivity index (χ2n) is 5.10. The quantitative estimate of drug-likeness (QED) is 0.551. The summed E-state index contributed by atoms with van der Waals surface area (Å²) >= 11 is 1.02. The molecule has 0 aliphatic carbocycles. The van der Waals surface area contributed by atoms with Crippen LogP contribution in [0.1, 0.15) is 29.1 Å². The van der Waals surface area contributed by atoms with Crippen LogP contribution in [-0.2, 0) is 11.3 Å². The fraction of sp³-hybridized carbons (Fsp3) is 0.250. The van der Waals surface area contributed by atoms with Crippen molar-refractivity contribution in [1.29, 1.82) is 0 Å². The highest BCUT2D eigenvalue weighted by atomic mass is 32.2. The molecule has 9 heteroatoms. The molecule has 0 saturated carbocycles. The van der Waals surface area contributed by atoms with Crippen molar-refractivity contribution >= 4 is 23.6 Å². The third kappa shape index (κ3) is 4.66. The normalized spacial score (nSPS) is 11.8. The zero-order valence-electron chi connectivity index (χ0n) is 13.5. The number of nitrogens with zero attached hydrogens (tertiary/aromatic N) is 3. The molecule has 1 heterocycles. The van der Waals surface area contributed by atoms with E-state index in [1.54, 1.807) is 23.6 Å². The van der Waals surface area contributed by atoms with Gasteiger partial charge in [-0.1, -0.05) is 30.0 Å². The minimum atomic E-state index is -0.972. The number of aromatic nitrogens is 3. The van der Waals surface area contributed by atoms with Crippen LogP contribution >= 0.6 is 11.8 Å². The lowest BCUT2D eigenvalue weighted by Crippen LogP contribution is -2.29. The van der Waals surface area contributed by atoms with Gasteiger partial charge in [-0.15, -0.1) is 16.8 Å². The van der Waals surface area contributed by atoms with Gasteiger partial charge < -0.3 is 15.0 Å². The highest BCUT2D eigenvalue weighted by molar-refractivity contribution is 7.99. The lowest BCUT2D eigenvalue weighted by atomic mass is 10.2. The Morgan fingerprint density at radius 2 is 2.16 bits per heavy atom. The predicted octanol–water partition coefficient (Wildman–Crippen LogP) is 2.27. The zero-order valence-corrected chi connectivity index (χ0v) is 14.3. The van der Waals surface area contributed by atoms with Gasteiger partial charge in [0, 0.05) is 6.54 Å². The second-order valence-corrected chi connectivity index (χ2v) is 6.04. The van der Waals surface area contributed by atoms with Crippen molar-refractivity contribution < 1.29 is 19.1 Å². The summed E-state index contributed by atoms with van der Waals surface area (Å²) in [5.41, 5.74) is -0.0652. The van der Waals surface area contributed by atoms with E-state index >= 15 is 0 Å². The lowest BCUT2D eigenvalue weighted by molar-refractivity contribution is -0.133. The topological polar surface area (TPSA) is 97.1 Å². The fourth-order valence-corrected chi connectivity index (χ4v) is 2.81. The van der Waals surface area contributed by atoms with Crippen molar-refractivity contribution in [3.8, 4) is 0 Å². The van der Waals surface area contributed by atoms with E-state index in [0.717, 1.165) is 11.8 Å². The van der Waals surface area contributed by atoms with E-state index in [2.05, 4.69) is 22.1 Å². The molecule has 0 saturated heterocycles. The number of halogens is 1. The van der Waals surface area contributed by atoms with Gasteiger partial charge in [0.1, 0.15) is 5.82 Å². The van der Waals surface area contributed by atoms with Crippen molar-refractivity contribution in [2.45, 2.75) is 24.7 Å². The van der Waals surface area contributed by atoms with Crippen LogP contribution in [0.2, 0.25) is 0 Å². The molecule has 0 aliphatic heterocycles. The summed E-state index contributed by atoms with van der Waals surface area (Å²) < 4.78 is 15.4. The first-order valence-corrected chi connectivity index (χ1v) is 8.36. The highest BCUT2D eigenvalue weighted by Gasteiger charge is 2.21. The van der Waals surface area contributed by atoms with Crippen molar-refractivity contribution in [2.24, 2.45) is 0 Å². The number of rotatable bonds is 8. The average molecular weight is 364 g/mol. The number of carbonyl (C=O) groups is 2. The fourth-order valence-electron chi connectivity index (χ4n) is 2.14. The molecule has 0 unspecified atom stereocenters. The lowest BCUT2D eigenvalue weighted by Gasteiger charge is -2.15. The maximum Gasteiger partial charge on any atom is 0.313 e. The summed E-state index contributed by atoms with van der Waals surface area (Å²) in [5.74, 6) is -1.89. The van der Waals surface area contributed by atoms with E-state index in [9.17, 15) is 14.0 Å². The minimum absolute atomic E-state index is 0.0652. The monoisotopic (exact) mass is 364 g/mol. The van der Waals surface area contributed by atoms with Crippen molar-refractivity contribution in [3.05, 3.63) is 54.1 Å². The Kier molecular flexibility index (Phi) is 6.29. The molecular weight excluding hydrogens is 347 g/mol. The van der Waals surface area contributed by atoms with Crippen LogP contribution in [0.5, 0.6) is 0 Å². The Hall–Kier alpha value is -2.68. The molecular formula is C16H17FN4O3S. The second kappa shape index (κ2) is 8.43. The molecule has 0 bridgehead atoms. The molecule has 2 aromatic rings. The first-order chi connectivity index (χ1) is 11.9. The Bertz CT molecular complexity index is 793. The molecule has 0 aliphatic rings. The molecule has 0 fully saturated rings. The molecule has 1 atom stereocenters. The van der Waals surface area contributed by atoms with Crippen LogP contribution in [0, 0.1) is 5.82 Å². The van der Waals surface area contributed by atoms with E-state index in [1.165, 1.54) is 18.2 Å². The number of carbonyl (C=O) groups excluding carboxylic acids is 1.